The molecule has 0 saturated carbocycles. The predicted molar refractivity (Wildman–Crippen MR) is 84.1 cm³/mol. The summed E-state index contributed by atoms with van der Waals surface area (Å²) in [6, 6.07) is 6.72. The van der Waals surface area contributed by atoms with Gasteiger partial charge in [0.2, 0.25) is 12.4 Å². The third-order valence-corrected chi connectivity index (χ3v) is 4.71. The first kappa shape index (κ1) is 15.3. The van der Waals surface area contributed by atoms with Crippen molar-refractivity contribution < 1.29 is 4.84 Å². The fraction of sp³-hybridized carbons (Fsp3) is 0.375. The third-order valence-electron chi connectivity index (χ3n) is 4.71. The highest BCUT2D eigenvalue weighted by atomic mass is 16.7. The molecule has 2 heterocycles. The van der Waals surface area contributed by atoms with E-state index in [1.165, 1.54) is 22.0 Å². The number of piperidine rings is 1. The molecule has 3 unspecified atom stereocenters. The first-order valence-corrected chi connectivity index (χ1v) is 7.38. The van der Waals surface area contributed by atoms with E-state index in [9.17, 15) is 0 Å². The summed E-state index contributed by atoms with van der Waals surface area (Å²) in [5.74, 6) is 0.338. The Balaban J connectivity index is 0.00000156. The Labute approximate surface area is 134 Å². The summed E-state index contributed by atoms with van der Waals surface area (Å²) in [4.78, 5) is 8.78. The van der Waals surface area contributed by atoms with Crippen molar-refractivity contribution in [3.8, 4) is 12.4 Å². The Morgan fingerprint density at radius 3 is 2.87 bits per heavy atom. The molecule has 7 nitrogen and oxygen atoms in total. The molecule has 118 valence electrons. The van der Waals surface area contributed by atoms with Crippen LogP contribution in [0.25, 0.3) is 10.9 Å². The van der Waals surface area contributed by atoms with Crippen molar-refractivity contribution in [3.05, 3.63) is 35.5 Å². The second-order valence-electron chi connectivity index (χ2n) is 5.87. The quantitative estimate of drug-likeness (QED) is 0.442. The topological polar surface area (TPSA) is 123 Å². The SMILES string of the molecule is N.N#CN(C#N)OC1CNC2Cc3c[nH]c4cccc(c34)C2C1. The van der Waals surface area contributed by atoms with Gasteiger partial charge < -0.3 is 16.5 Å². The van der Waals surface area contributed by atoms with Crippen molar-refractivity contribution >= 4 is 10.9 Å². The molecule has 4 rings (SSSR count). The van der Waals surface area contributed by atoms with E-state index in [4.69, 9.17) is 15.4 Å². The molecule has 2 aromatic rings. The highest BCUT2D eigenvalue weighted by Gasteiger charge is 2.37. The van der Waals surface area contributed by atoms with E-state index in [0.717, 1.165) is 12.8 Å². The van der Waals surface area contributed by atoms with Gasteiger partial charge in [0.15, 0.2) is 0 Å². The van der Waals surface area contributed by atoms with Crippen LogP contribution >= 0.6 is 0 Å². The molecule has 0 spiro atoms. The lowest BCUT2D eigenvalue weighted by molar-refractivity contribution is -0.129. The standard InChI is InChI=1S/C16H15N5O.H3N/c17-8-21(9-18)22-11-5-13-12-2-1-3-14-16(12)10(6-19-14)4-15(13)20-7-11;/h1-3,6,11,13,15,19-20H,4-5,7H2;1H3. The van der Waals surface area contributed by atoms with Gasteiger partial charge in [0.05, 0.1) is 0 Å². The van der Waals surface area contributed by atoms with E-state index >= 15 is 0 Å². The Kier molecular flexibility index (Phi) is 3.93. The van der Waals surface area contributed by atoms with Crippen molar-refractivity contribution in [2.24, 2.45) is 0 Å². The summed E-state index contributed by atoms with van der Waals surface area (Å²) < 4.78 is 0. The second kappa shape index (κ2) is 5.90. The lowest BCUT2D eigenvalue weighted by Gasteiger charge is -2.40. The zero-order chi connectivity index (χ0) is 15.1. The summed E-state index contributed by atoms with van der Waals surface area (Å²) in [6.45, 7) is 0.650. The average molecular weight is 310 g/mol. The van der Waals surface area contributed by atoms with Crippen LogP contribution < -0.4 is 11.5 Å². The molecule has 2 aliphatic rings. The minimum Gasteiger partial charge on any atom is -0.361 e. The number of hydrogen-bond donors (Lipinski definition) is 3. The highest BCUT2D eigenvalue weighted by molar-refractivity contribution is 5.88. The van der Waals surface area contributed by atoms with Gasteiger partial charge in [-0.05, 0) is 30.0 Å². The molecule has 23 heavy (non-hydrogen) atoms. The van der Waals surface area contributed by atoms with Gasteiger partial charge in [-0.2, -0.15) is 10.5 Å². The maximum atomic E-state index is 8.82. The van der Waals surface area contributed by atoms with Crippen LogP contribution in [-0.2, 0) is 11.3 Å². The number of fused-ring (bicyclic) bond motifs is 2. The molecule has 0 radical (unpaired) electrons. The number of hydroxylamine groups is 2. The maximum absolute atomic E-state index is 8.82. The van der Waals surface area contributed by atoms with Gasteiger partial charge in [-0.1, -0.05) is 17.2 Å². The van der Waals surface area contributed by atoms with Crippen LogP contribution in [0.4, 0.5) is 0 Å². The maximum Gasteiger partial charge on any atom is 0.221 e. The monoisotopic (exact) mass is 310 g/mol. The van der Waals surface area contributed by atoms with Crippen molar-refractivity contribution in [1.82, 2.24) is 21.5 Å². The van der Waals surface area contributed by atoms with Gasteiger partial charge in [-0.25, -0.2) is 4.84 Å². The first-order valence-electron chi connectivity index (χ1n) is 7.38. The molecule has 1 aliphatic carbocycles. The minimum atomic E-state index is -0.170. The highest BCUT2D eigenvalue weighted by Crippen LogP contribution is 2.41. The van der Waals surface area contributed by atoms with Gasteiger partial charge in [0.1, 0.15) is 6.10 Å². The molecule has 0 amide bonds. The third kappa shape index (κ3) is 2.41. The van der Waals surface area contributed by atoms with E-state index in [0.29, 0.717) is 23.6 Å². The van der Waals surface area contributed by atoms with Gasteiger partial charge >= 0.3 is 0 Å². The Morgan fingerprint density at radius 2 is 2.09 bits per heavy atom. The molecular weight excluding hydrogens is 292 g/mol. The van der Waals surface area contributed by atoms with Crippen molar-refractivity contribution in [3.63, 3.8) is 0 Å². The van der Waals surface area contributed by atoms with Crippen LogP contribution in [0.2, 0.25) is 0 Å². The first-order chi connectivity index (χ1) is 10.8. The molecule has 7 heteroatoms. The lowest BCUT2D eigenvalue weighted by Crippen LogP contribution is -2.50. The predicted octanol–water partition coefficient (Wildman–Crippen LogP) is 1.90. The number of hydrogen-bond acceptors (Lipinski definition) is 6. The zero-order valence-corrected chi connectivity index (χ0v) is 12.6. The Hall–Kier alpha value is -2.58. The number of nitrogens with zero attached hydrogens (tertiary/aromatic N) is 3. The smallest absolute Gasteiger partial charge is 0.221 e. The van der Waals surface area contributed by atoms with Crippen molar-refractivity contribution in [1.29, 1.82) is 10.5 Å². The fourth-order valence-electron chi connectivity index (χ4n) is 3.81. The molecular formula is C16H18N6O. The van der Waals surface area contributed by atoms with Gasteiger partial charge in [0, 0.05) is 35.6 Å². The normalized spacial score (nSPS) is 24.9. The van der Waals surface area contributed by atoms with Gasteiger partial charge in [-0.3, -0.25) is 0 Å². The Bertz CT molecular complexity index is 787. The van der Waals surface area contributed by atoms with E-state index in [1.807, 2.05) is 0 Å². The van der Waals surface area contributed by atoms with Crippen LogP contribution in [-0.4, -0.2) is 28.7 Å². The van der Waals surface area contributed by atoms with E-state index in [2.05, 4.69) is 34.7 Å². The van der Waals surface area contributed by atoms with Crippen LogP contribution in [0, 0.1) is 22.9 Å². The molecule has 1 saturated heterocycles. The number of aromatic amines is 1. The number of nitriles is 2. The number of benzene rings is 1. The lowest BCUT2D eigenvalue weighted by atomic mass is 9.75. The van der Waals surface area contributed by atoms with E-state index in [-0.39, 0.29) is 12.3 Å². The summed E-state index contributed by atoms with van der Waals surface area (Å²) in [6.07, 6.45) is 7.17. The molecule has 1 aromatic carbocycles. The summed E-state index contributed by atoms with van der Waals surface area (Å²) >= 11 is 0. The van der Waals surface area contributed by atoms with E-state index < -0.39 is 0 Å². The summed E-state index contributed by atoms with van der Waals surface area (Å²) in [5, 5.41) is 23.2. The molecule has 3 atom stereocenters. The van der Waals surface area contributed by atoms with Crippen LogP contribution in [0.1, 0.15) is 23.5 Å². The fourth-order valence-corrected chi connectivity index (χ4v) is 3.81. The number of H-pyrrole nitrogens is 1. The van der Waals surface area contributed by atoms with Crippen LogP contribution in [0.5, 0.6) is 0 Å². The van der Waals surface area contributed by atoms with Crippen LogP contribution in [0.15, 0.2) is 24.4 Å². The van der Waals surface area contributed by atoms with Gasteiger partial charge in [-0.15, -0.1) is 0 Å². The van der Waals surface area contributed by atoms with Crippen LogP contribution in [0.3, 0.4) is 0 Å². The Morgan fingerprint density at radius 1 is 1.26 bits per heavy atom. The number of rotatable bonds is 2. The molecule has 1 aromatic heterocycles. The zero-order valence-electron chi connectivity index (χ0n) is 12.6. The van der Waals surface area contributed by atoms with Crippen molar-refractivity contribution in [2.45, 2.75) is 30.9 Å². The average Bonchev–Trinajstić information content (AvgIpc) is 2.97. The number of nitrogens with one attached hydrogen (secondary N) is 2. The van der Waals surface area contributed by atoms with Crippen molar-refractivity contribution in [2.75, 3.05) is 6.54 Å². The molecule has 1 aliphatic heterocycles. The molecule has 0 bridgehead atoms. The van der Waals surface area contributed by atoms with Gasteiger partial charge in [0.25, 0.3) is 0 Å². The van der Waals surface area contributed by atoms with E-state index in [1.54, 1.807) is 12.4 Å². The number of aromatic nitrogens is 1. The molecule has 1 fully saturated rings. The second-order valence-corrected chi connectivity index (χ2v) is 5.87. The minimum absolute atomic E-state index is 0. The summed E-state index contributed by atoms with van der Waals surface area (Å²) in [5.41, 5.74) is 3.85. The molecule has 5 N–H and O–H groups in total. The largest absolute Gasteiger partial charge is 0.361 e. The summed E-state index contributed by atoms with van der Waals surface area (Å²) in [7, 11) is 0.